The van der Waals surface area contributed by atoms with Gasteiger partial charge in [-0.1, -0.05) is 26.0 Å². The number of piperazine rings is 1. The Morgan fingerprint density at radius 3 is 2.48 bits per heavy atom. The first-order valence-electron chi connectivity index (χ1n) is 15.5. The number of likely N-dealkylation sites (N-methyl/N-ethyl adjacent to an activating group) is 1. The maximum Gasteiger partial charge on any atom is 0.410 e. The third kappa shape index (κ3) is 8.57. The molecule has 1 aromatic rings. The molecule has 0 bridgehead atoms. The third-order valence-corrected chi connectivity index (χ3v) is 8.89. The molecule has 3 heterocycles. The van der Waals surface area contributed by atoms with E-state index in [0.717, 1.165) is 43.7 Å². The van der Waals surface area contributed by atoms with Gasteiger partial charge in [-0.2, -0.15) is 0 Å². The first kappa shape index (κ1) is 32.0. The topological polar surface area (TPSA) is 82.5 Å². The number of hydrogen-bond acceptors (Lipinski definition) is 7. The van der Waals surface area contributed by atoms with E-state index >= 15 is 0 Å². The third-order valence-electron chi connectivity index (χ3n) is 8.89. The first-order chi connectivity index (χ1) is 20.0. The molecule has 0 spiro atoms. The van der Waals surface area contributed by atoms with Crippen molar-refractivity contribution in [1.82, 2.24) is 9.80 Å². The number of rotatable bonds is 4. The van der Waals surface area contributed by atoms with E-state index in [2.05, 4.69) is 16.7 Å². The Hall–Kier alpha value is -2.91. The van der Waals surface area contributed by atoms with E-state index in [0.29, 0.717) is 37.5 Å². The second-order valence-electron chi connectivity index (χ2n) is 12.5. The van der Waals surface area contributed by atoms with E-state index in [1.165, 1.54) is 6.07 Å². The van der Waals surface area contributed by atoms with Gasteiger partial charge in [0, 0.05) is 50.4 Å². The standard InChI is InChI=1S/C33H48FN3O5/c1-22-8-10-29(38)21-31(39)42-32(23(2)9-11-30(22)41-33(40)36-15-13-35(5)14-16-36)24(3)17-26-18-27(34)20-28(19-26)37-12-6-7-25(37)4/h9,11,17-20,22-23,25,29-30,32,38H,6-8,10,12-16,21H2,1-5H3/b11-9+,24-17+/t22-,23+,25+,29+,30+,32+/m1/s1. The van der Waals surface area contributed by atoms with Crippen LogP contribution in [0, 0.1) is 17.7 Å². The van der Waals surface area contributed by atoms with Crippen LogP contribution in [0.15, 0.2) is 35.9 Å². The van der Waals surface area contributed by atoms with Gasteiger partial charge in [-0.3, -0.25) is 4.79 Å². The Morgan fingerprint density at radius 2 is 1.79 bits per heavy atom. The molecule has 0 unspecified atom stereocenters. The summed E-state index contributed by atoms with van der Waals surface area (Å²) in [5.41, 5.74) is 2.31. The monoisotopic (exact) mass is 585 g/mol. The van der Waals surface area contributed by atoms with Crippen molar-refractivity contribution in [2.75, 3.05) is 44.7 Å². The predicted molar refractivity (Wildman–Crippen MR) is 163 cm³/mol. The van der Waals surface area contributed by atoms with Crippen molar-refractivity contribution in [2.45, 2.75) is 84.2 Å². The van der Waals surface area contributed by atoms with Gasteiger partial charge in [0.25, 0.3) is 0 Å². The number of anilines is 1. The molecular weight excluding hydrogens is 537 g/mol. The molecule has 0 radical (unpaired) electrons. The molecule has 6 atom stereocenters. The molecule has 1 N–H and O–H groups in total. The molecule has 9 heteroatoms. The van der Waals surface area contributed by atoms with Crippen molar-refractivity contribution in [3.05, 3.63) is 47.3 Å². The summed E-state index contributed by atoms with van der Waals surface area (Å²) in [6.07, 6.45) is 6.41. The Kier molecular flexibility index (Phi) is 11.1. The highest BCUT2D eigenvalue weighted by Crippen LogP contribution is 2.30. The lowest BCUT2D eigenvalue weighted by Gasteiger charge is -2.33. The van der Waals surface area contributed by atoms with Crippen molar-refractivity contribution >= 4 is 23.8 Å². The normalized spacial score (nSPS) is 31.2. The van der Waals surface area contributed by atoms with Gasteiger partial charge in [0.2, 0.25) is 0 Å². The summed E-state index contributed by atoms with van der Waals surface area (Å²) in [6, 6.07) is 5.40. The number of carbonyl (C=O) groups excluding carboxylic acids is 2. The van der Waals surface area contributed by atoms with Gasteiger partial charge in [-0.15, -0.1) is 0 Å². The number of ether oxygens (including phenoxy) is 2. The molecule has 2 saturated heterocycles. The summed E-state index contributed by atoms with van der Waals surface area (Å²) in [6.45, 7) is 11.7. The van der Waals surface area contributed by atoms with Gasteiger partial charge in [-0.25, -0.2) is 9.18 Å². The van der Waals surface area contributed by atoms with Crippen LogP contribution in [0.25, 0.3) is 6.08 Å². The summed E-state index contributed by atoms with van der Waals surface area (Å²) < 4.78 is 26.6. The van der Waals surface area contributed by atoms with Crippen LogP contribution < -0.4 is 4.90 Å². The van der Waals surface area contributed by atoms with Crippen LogP contribution in [0.4, 0.5) is 14.9 Å². The molecule has 8 nitrogen and oxygen atoms in total. The number of nitrogens with zero attached hydrogens (tertiary/aromatic N) is 3. The van der Waals surface area contributed by atoms with Gasteiger partial charge < -0.3 is 29.3 Å². The zero-order valence-corrected chi connectivity index (χ0v) is 25.8. The van der Waals surface area contributed by atoms with Crippen molar-refractivity contribution in [3.8, 4) is 0 Å². The number of esters is 1. The maximum atomic E-state index is 14.7. The second-order valence-corrected chi connectivity index (χ2v) is 12.5. The molecule has 3 aliphatic heterocycles. The van der Waals surface area contributed by atoms with Crippen molar-refractivity contribution in [2.24, 2.45) is 11.8 Å². The van der Waals surface area contributed by atoms with Gasteiger partial charge in [0.15, 0.2) is 0 Å². The number of aliphatic hydroxyl groups is 1. The second kappa shape index (κ2) is 14.5. The average molecular weight is 586 g/mol. The van der Waals surface area contributed by atoms with Crippen LogP contribution in [0.1, 0.15) is 65.4 Å². The average Bonchev–Trinajstić information content (AvgIpc) is 3.37. The highest BCUT2D eigenvalue weighted by Gasteiger charge is 2.29. The first-order valence-corrected chi connectivity index (χ1v) is 15.5. The van der Waals surface area contributed by atoms with Gasteiger partial charge in [-0.05, 0) is 87.9 Å². The highest BCUT2D eigenvalue weighted by atomic mass is 19.1. The minimum atomic E-state index is -0.856. The van der Waals surface area contributed by atoms with E-state index in [9.17, 15) is 19.1 Å². The minimum Gasteiger partial charge on any atom is -0.457 e. The number of hydrogen-bond donors (Lipinski definition) is 1. The Labute approximate surface area is 250 Å². The fourth-order valence-corrected chi connectivity index (χ4v) is 6.14. The number of benzene rings is 1. The lowest BCUT2D eigenvalue weighted by Crippen LogP contribution is -2.48. The fraction of sp³-hybridized carbons (Fsp3) is 0.636. The molecule has 2 fully saturated rings. The zero-order valence-electron chi connectivity index (χ0n) is 25.8. The number of cyclic esters (lactones) is 1. The van der Waals surface area contributed by atoms with Crippen LogP contribution in [0.2, 0.25) is 0 Å². The minimum absolute atomic E-state index is 0.0521. The number of aliphatic hydroxyl groups excluding tert-OH is 1. The van der Waals surface area contributed by atoms with Crippen molar-refractivity contribution in [1.29, 1.82) is 0 Å². The van der Waals surface area contributed by atoms with E-state index < -0.39 is 24.3 Å². The molecule has 0 saturated carbocycles. The lowest BCUT2D eigenvalue weighted by molar-refractivity contribution is -0.151. The summed E-state index contributed by atoms with van der Waals surface area (Å²) in [4.78, 5) is 32.0. The van der Waals surface area contributed by atoms with Gasteiger partial charge >= 0.3 is 12.1 Å². The number of carbonyl (C=O) groups is 2. The molecular formula is C33H48FN3O5. The summed E-state index contributed by atoms with van der Waals surface area (Å²) in [7, 11) is 2.04. The Morgan fingerprint density at radius 1 is 1.05 bits per heavy atom. The number of halogens is 1. The van der Waals surface area contributed by atoms with Gasteiger partial charge in [0.1, 0.15) is 18.0 Å². The zero-order chi connectivity index (χ0) is 30.4. The molecule has 1 aromatic carbocycles. The highest BCUT2D eigenvalue weighted by molar-refractivity contribution is 5.71. The van der Waals surface area contributed by atoms with E-state index in [1.54, 1.807) is 11.0 Å². The smallest absolute Gasteiger partial charge is 0.410 e. The van der Waals surface area contributed by atoms with Crippen LogP contribution in [-0.2, 0) is 14.3 Å². The van der Waals surface area contributed by atoms with E-state index in [4.69, 9.17) is 9.47 Å². The molecule has 4 rings (SSSR count). The molecule has 42 heavy (non-hydrogen) atoms. The van der Waals surface area contributed by atoms with Crippen LogP contribution in [0.3, 0.4) is 0 Å². The summed E-state index contributed by atoms with van der Waals surface area (Å²) in [5, 5.41) is 10.6. The Balaban J connectivity index is 1.57. The maximum absolute atomic E-state index is 14.7. The molecule has 3 aliphatic rings. The Bertz CT molecular complexity index is 1150. The van der Waals surface area contributed by atoms with E-state index in [1.807, 2.05) is 52.1 Å². The summed E-state index contributed by atoms with van der Waals surface area (Å²) >= 11 is 0. The van der Waals surface area contributed by atoms with Crippen molar-refractivity contribution < 1.29 is 28.6 Å². The molecule has 232 valence electrons. The van der Waals surface area contributed by atoms with Gasteiger partial charge in [0.05, 0.1) is 12.5 Å². The van der Waals surface area contributed by atoms with Crippen LogP contribution in [0.5, 0.6) is 0 Å². The fourth-order valence-electron chi connectivity index (χ4n) is 6.14. The van der Waals surface area contributed by atoms with E-state index in [-0.39, 0.29) is 30.2 Å². The molecule has 0 aromatic heterocycles. The largest absolute Gasteiger partial charge is 0.457 e. The molecule has 1 amide bonds. The van der Waals surface area contributed by atoms with Crippen LogP contribution in [-0.4, -0.2) is 91.1 Å². The predicted octanol–water partition coefficient (Wildman–Crippen LogP) is 5.26. The van der Waals surface area contributed by atoms with Crippen molar-refractivity contribution in [3.63, 3.8) is 0 Å². The molecule has 0 aliphatic carbocycles. The SMILES string of the molecule is C/C(=C\c1cc(F)cc(N2CCC[C@@H]2C)c1)[C@H]1OC(=O)C[C@@H](O)CC[C@@H](C)[C@@H](OC(=O)N2CCN(C)CC2)/C=C/[C@@H]1C. The van der Waals surface area contributed by atoms with Crippen LogP contribution >= 0.6 is 0 Å². The lowest BCUT2D eigenvalue weighted by atomic mass is 9.91. The quantitative estimate of drug-likeness (QED) is 0.382. The number of amides is 1. The summed E-state index contributed by atoms with van der Waals surface area (Å²) in [5.74, 6) is -1.09.